The number of aliphatic imine (C=N–C) groups is 1. The predicted octanol–water partition coefficient (Wildman–Crippen LogP) is 2.42. The molecule has 19 heavy (non-hydrogen) atoms. The molecule has 0 heterocycles. The van der Waals surface area contributed by atoms with Gasteiger partial charge in [-0.2, -0.15) is 0 Å². The molecule has 106 valence electrons. The molecule has 0 unspecified atom stereocenters. The molecule has 0 amide bonds. The minimum absolute atomic E-state index is 0.218. The highest BCUT2D eigenvalue weighted by atomic mass is 79.9. The second-order valence-electron chi connectivity index (χ2n) is 3.91. The molecular formula is C13H19BrFN3O. The smallest absolute Gasteiger partial charge is 0.188 e. The van der Waals surface area contributed by atoms with Crippen LogP contribution >= 0.6 is 15.9 Å². The normalized spacial score (nSPS) is 11.6. The SMILES string of the molecule is CCOCCCNC(N)=NCc1cc(Br)ccc1F. The lowest BCUT2D eigenvalue weighted by molar-refractivity contribution is 0.145. The number of halogens is 2. The Morgan fingerprint density at radius 1 is 1.53 bits per heavy atom. The van der Waals surface area contributed by atoms with Crippen LogP contribution in [0.25, 0.3) is 0 Å². The summed E-state index contributed by atoms with van der Waals surface area (Å²) < 4.78 is 19.5. The van der Waals surface area contributed by atoms with Crippen molar-refractivity contribution in [1.29, 1.82) is 0 Å². The molecule has 0 saturated carbocycles. The van der Waals surface area contributed by atoms with Crippen LogP contribution in [0.3, 0.4) is 0 Å². The number of hydrogen-bond acceptors (Lipinski definition) is 2. The quantitative estimate of drug-likeness (QED) is 0.458. The van der Waals surface area contributed by atoms with E-state index in [1.165, 1.54) is 6.07 Å². The Balaban J connectivity index is 2.36. The van der Waals surface area contributed by atoms with Crippen LogP contribution in [0.4, 0.5) is 4.39 Å². The van der Waals surface area contributed by atoms with E-state index in [0.29, 0.717) is 31.3 Å². The highest BCUT2D eigenvalue weighted by molar-refractivity contribution is 9.10. The fraction of sp³-hybridized carbons (Fsp3) is 0.462. The van der Waals surface area contributed by atoms with Gasteiger partial charge in [0.1, 0.15) is 5.82 Å². The molecule has 0 atom stereocenters. The molecule has 0 bridgehead atoms. The monoisotopic (exact) mass is 331 g/mol. The summed E-state index contributed by atoms with van der Waals surface area (Å²) in [4.78, 5) is 4.10. The first-order valence-electron chi connectivity index (χ1n) is 6.19. The van der Waals surface area contributed by atoms with E-state index in [2.05, 4.69) is 26.2 Å². The summed E-state index contributed by atoms with van der Waals surface area (Å²) in [6, 6.07) is 4.75. The van der Waals surface area contributed by atoms with Gasteiger partial charge in [-0.15, -0.1) is 0 Å². The zero-order valence-electron chi connectivity index (χ0n) is 11.0. The van der Waals surface area contributed by atoms with Crippen LogP contribution in [0, 0.1) is 5.82 Å². The van der Waals surface area contributed by atoms with E-state index in [-0.39, 0.29) is 12.4 Å². The lowest BCUT2D eigenvalue weighted by Gasteiger charge is -2.06. The van der Waals surface area contributed by atoms with Crippen molar-refractivity contribution in [3.63, 3.8) is 0 Å². The summed E-state index contributed by atoms with van der Waals surface area (Å²) in [7, 11) is 0. The molecule has 0 saturated heterocycles. The Kier molecular flexibility index (Phi) is 7.43. The van der Waals surface area contributed by atoms with E-state index in [0.717, 1.165) is 10.9 Å². The topological polar surface area (TPSA) is 59.6 Å². The van der Waals surface area contributed by atoms with Crippen LogP contribution in [0.1, 0.15) is 18.9 Å². The van der Waals surface area contributed by atoms with Gasteiger partial charge in [-0.3, -0.25) is 0 Å². The third-order valence-electron chi connectivity index (χ3n) is 2.40. The average molecular weight is 332 g/mol. The molecule has 1 aromatic carbocycles. The molecule has 1 rings (SSSR count). The van der Waals surface area contributed by atoms with Gasteiger partial charge in [-0.05, 0) is 31.5 Å². The van der Waals surface area contributed by atoms with Crippen molar-refractivity contribution < 1.29 is 9.13 Å². The van der Waals surface area contributed by atoms with E-state index < -0.39 is 0 Å². The van der Waals surface area contributed by atoms with E-state index in [1.54, 1.807) is 12.1 Å². The van der Waals surface area contributed by atoms with Gasteiger partial charge in [0.2, 0.25) is 0 Å². The number of nitrogens with one attached hydrogen (secondary N) is 1. The summed E-state index contributed by atoms with van der Waals surface area (Å²) in [5, 5.41) is 2.96. The van der Waals surface area contributed by atoms with Crippen molar-refractivity contribution in [2.45, 2.75) is 19.9 Å². The van der Waals surface area contributed by atoms with Gasteiger partial charge < -0.3 is 15.8 Å². The van der Waals surface area contributed by atoms with Crippen LogP contribution in [0.2, 0.25) is 0 Å². The molecule has 0 fully saturated rings. The summed E-state index contributed by atoms with van der Waals surface area (Å²) in [6.45, 7) is 4.27. The Bertz CT molecular complexity index is 426. The number of nitrogens with two attached hydrogens (primary N) is 1. The Labute approximate surface area is 121 Å². The van der Waals surface area contributed by atoms with Crippen LogP contribution < -0.4 is 11.1 Å². The van der Waals surface area contributed by atoms with Crippen LogP contribution in [-0.2, 0) is 11.3 Å². The summed E-state index contributed by atoms with van der Waals surface area (Å²) in [5.41, 5.74) is 6.20. The van der Waals surface area contributed by atoms with E-state index >= 15 is 0 Å². The lowest BCUT2D eigenvalue weighted by Crippen LogP contribution is -2.32. The minimum atomic E-state index is -0.281. The molecule has 4 nitrogen and oxygen atoms in total. The Morgan fingerprint density at radius 2 is 2.32 bits per heavy atom. The summed E-state index contributed by atoms with van der Waals surface area (Å²) in [6.07, 6.45) is 0.856. The van der Waals surface area contributed by atoms with Gasteiger partial charge in [0.15, 0.2) is 5.96 Å². The van der Waals surface area contributed by atoms with E-state index in [1.807, 2.05) is 6.92 Å². The second-order valence-corrected chi connectivity index (χ2v) is 4.83. The average Bonchev–Trinajstić information content (AvgIpc) is 2.39. The molecule has 0 aliphatic carbocycles. The fourth-order valence-corrected chi connectivity index (χ4v) is 1.83. The van der Waals surface area contributed by atoms with Gasteiger partial charge in [0.05, 0.1) is 6.54 Å². The maximum absolute atomic E-state index is 13.4. The third-order valence-corrected chi connectivity index (χ3v) is 2.90. The van der Waals surface area contributed by atoms with Gasteiger partial charge in [0.25, 0.3) is 0 Å². The number of ether oxygens (including phenoxy) is 1. The Morgan fingerprint density at radius 3 is 3.05 bits per heavy atom. The molecule has 1 aromatic rings. The summed E-state index contributed by atoms with van der Waals surface area (Å²) >= 11 is 3.29. The van der Waals surface area contributed by atoms with E-state index in [9.17, 15) is 4.39 Å². The lowest BCUT2D eigenvalue weighted by atomic mass is 10.2. The number of hydrogen-bond donors (Lipinski definition) is 2. The first-order chi connectivity index (χ1) is 9.13. The largest absolute Gasteiger partial charge is 0.382 e. The number of rotatable bonds is 7. The second kappa shape index (κ2) is 8.87. The highest BCUT2D eigenvalue weighted by Crippen LogP contribution is 2.16. The number of nitrogens with zero attached hydrogens (tertiary/aromatic N) is 1. The van der Waals surface area contributed by atoms with Gasteiger partial charge in [-0.25, -0.2) is 9.38 Å². The van der Waals surface area contributed by atoms with Crippen LogP contribution in [0.5, 0.6) is 0 Å². The number of benzene rings is 1. The van der Waals surface area contributed by atoms with Gasteiger partial charge >= 0.3 is 0 Å². The summed E-state index contributed by atoms with van der Waals surface area (Å²) in [5.74, 6) is 0.0342. The maximum Gasteiger partial charge on any atom is 0.188 e. The van der Waals surface area contributed by atoms with Crippen molar-refractivity contribution in [2.24, 2.45) is 10.7 Å². The van der Waals surface area contributed by atoms with Crippen LogP contribution in [-0.4, -0.2) is 25.7 Å². The molecule has 0 spiro atoms. The number of guanidine groups is 1. The van der Waals surface area contributed by atoms with Gasteiger partial charge in [0, 0.05) is 29.8 Å². The molecule has 0 aliphatic rings. The molecule has 6 heteroatoms. The van der Waals surface area contributed by atoms with Crippen molar-refractivity contribution in [3.05, 3.63) is 34.1 Å². The zero-order chi connectivity index (χ0) is 14.1. The van der Waals surface area contributed by atoms with Crippen molar-refractivity contribution in [1.82, 2.24) is 5.32 Å². The third kappa shape index (κ3) is 6.54. The zero-order valence-corrected chi connectivity index (χ0v) is 12.5. The maximum atomic E-state index is 13.4. The van der Waals surface area contributed by atoms with E-state index in [4.69, 9.17) is 10.5 Å². The van der Waals surface area contributed by atoms with Crippen molar-refractivity contribution in [3.8, 4) is 0 Å². The minimum Gasteiger partial charge on any atom is -0.382 e. The standard InChI is InChI=1S/C13H19BrFN3O/c1-2-19-7-3-6-17-13(16)18-9-10-8-11(14)4-5-12(10)15/h4-5,8H,2-3,6-7,9H2,1H3,(H3,16,17,18). The Hall–Kier alpha value is -1.14. The van der Waals surface area contributed by atoms with Gasteiger partial charge in [-0.1, -0.05) is 15.9 Å². The van der Waals surface area contributed by atoms with Crippen molar-refractivity contribution in [2.75, 3.05) is 19.8 Å². The molecular weight excluding hydrogens is 313 g/mol. The molecule has 0 aromatic heterocycles. The molecule has 3 N–H and O–H groups in total. The first kappa shape index (κ1) is 15.9. The van der Waals surface area contributed by atoms with Crippen molar-refractivity contribution >= 4 is 21.9 Å². The predicted molar refractivity (Wildman–Crippen MR) is 78.5 cm³/mol. The fourth-order valence-electron chi connectivity index (χ4n) is 1.43. The van der Waals surface area contributed by atoms with Crippen LogP contribution in [0.15, 0.2) is 27.7 Å². The first-order valence-corrected chi connectivity index (χ1v) is 6.98. The molecule has 0 aliphatic heterocycles. The highest BCUT2D eigenvalue weighted by Gasteiger charge is 2.02. The molecule has 0 radical (unpaired) electrons.